The van der Waals surface area contributed by atoms with Gasteiger partial charge in [0, 0.05) is 11.4 Å². The summed E-state index contributed by atoms with van der Waals surface area (Å²) in [5.74, 6) is 1.41. The zero-order valence-corrected chi connectivity index (χ0v) is 17.5. The van der Waals surface area contributed by atoms with E-state index in [0.29, 0.717) is 18.9 Å². The van der Waals surface area contributed by atoms with E-state index in [0.717, 1.165) is 48.2 Å². The Balaban J connectivity index is 1.43. The van der Waals surface area contributed by atoms with Crippen LogP contribution in [0.15, 0.2) is 35.1 Å². The van der Waals surface area contributed by atoms with Crippen LogP contribution in [-0.2, 0) is 19.4 Å². The lowest BCUT2D eigenvalue weighted by Crippen LogP contribution is -2.36. The second kappa shape index (κ2) is 9.07. The number of aryl methyl sites for hydroxylation is 2. The van der Waals surface area contributed by atoms with Gasteiger partial charge in [-0.15, -0.1) is 11.3 Å². The molecule has 6 nitrogen and oxygen atoms in total. The van der Waals surface area contributed by atoms with Crippen LogP contribution in [0.25, 0.3) is 10.2 Å². The number of aromatic nitrogens is 2. The van der Waals surface area contributed by atoms with Gasteiger partial charge in [-0.1, -0.05) is 25.1 Å². The van der Waals surface area contributed by atoms with Gasteiger partial charge in [0.15, 0.2) is 0 Å². The number of aromatic amines is 1. The first kappa shape index (κ1) is 20.1. The Labute approximate surface area is 174 Å². The number of aliphatic hydroxyl groups excluding tert-OH is 1. The van der Waals surface area contributed by atoms with E-state index in [-0.39, 0.29) is 12.2 Å². The quantitative estimate of drug-likeness (QED) is 0.564. The third-order valence-corrected chi connectivity index (χ3v) is 6.38. The van der Waals surface area contributed by atoms with E-state index in [1.54, 1.807) is 11.3 Å². The van der Waals surface area contributed by atoms with Crippen LogP contribution in [-0.4, -0.2) is 45.8 Å². The molecular formula is C22H27N3O3S. The normalized spacial score (nSPS) is 14.4. The highest BCUT2D eigenvalue weighted by Gasteiger charge is 2.22. The summed E-state index contributed by atoms with van der Waals surface area (Å²) < 4.78 is 5.66. The standard InChI is InChI=1S/C22H27N3O3S/c1-2-11-25(12-15(26)14-28-16-7-4-3-5-8-16)13-19-23-21(27)20-17-9-6-10-18(17)29-22(20)24-19/h3-5,7-8,15,26H,2,6,9-14H2,1H3,(H,23,24,27)/t15-/m1/s1. The third kappa shape index (κ3) is 4.69. The maximum Gasteiger partial charge on any atom is 0.259 e. The van der Waals surface area contributed by atoms with Crippen molar-refractivity contribution in [2.45, 2.75) is 45.3 Å². The number of ether oxygens (including phenoxy) is 1. The number of hydrogen-bond acceptors (Lipinski definition) is 6. The van der Waals surface area contributed by atoms with Crippen molar-refractivity contribution in [2.24, 2.45) is 0 Å². The highest BCUT2D eigenvalue weighted by molar-refractivity contribution is 7.18. The van der Waals surface area contributed by atoms with Crippen molar-refractivity contribution in [2.75, 3.05) is 19.7 Å². The number of para-hydroxylation sites is 1. The molecule has 1 aliphatic carbocycles. The Hall–Kier alpha value is -2.22. The average molecular weight is 414 g/mol. The molecule has 0 amide bonds. The van der Waals surface area contributed by atoms with Gasteiger partial charge in [-0.05, 0) is 49.9 Å². The lowest BCUT2D eigenvalue weighted by molar-refractivity contribution is 0.0647. The molecule has 0 bridgehead atoms. The number of benzene rings is 1. The van der Waals surface area contributed by atoms with Crippen molar-refractivity contribution < 1.29 is 9.84 Å². The Bertz CT molecular complexity index is 1020. The van der Waals surface area contributed by atoms with Crippen LogP contribution in [0.4, 0.5) is 0 Å². The monoisotopic (exact) mass is 413 g/mol. The third-order valence-electron chi connectivity index (χ3n) is 5.19. The van der Waals surface area contributed by atoms with E-state index in [1.807, 2.05) is 30.3 Å². The smallest absolute Gasteiger partial charge is 0.259 e. The molecule has 1 atom stereocenters. The van der Waals surface area contributed by atoms with Gasteiger partial charge in [-0.3, -0.25) is 9.69 Å². The summed E-state index contributed by atoms with van der Waals surface area (Å²) in [6.07, 6.45) is 3.50. The highest BCUT2D eigenvalue weighted by atomic mass is 32.1. The van der Waals surface area contributed by atoms with Gasteiger partial charge in [0.05, 0.1) is 11.9 Å². The zero-order chi connectivity index (χ0) is 20.2. The number of aliphatic hydroxyl groups is 1. The average Bonchev–Trinajstić information content (AvgIpc) is 3.28. The predicted octanol–water partition coefficient (Wildman–Crippen LogP) is 3.13. The van der Waals surface area contributed by atoms with Crippen LogP contribution in [0.2, 0.25) is 0 Å². The Morgan fingerprint density at radius 3 is 2.93 bits per heavy atom. The topological polar surface area (TPSA) is 78.5 Å². The fourth-order valence-corrected chi connectivity index (χ4v) is 5.23. The fraction of sp³-hybridized carbons (Fsp3) is 0.455. The minimum absolute atomic E-state index is 0.0335. The number of fused-ring (bicyclic) bond motifs is 3. The summed E-state index contributed by atoms with van der Waals surface area (Å²) in [7, 11) is 0. The molecule has 0 saturated heterocycles. The molecule has 2 aromatic heterocycles. The molecule has 154 valence electrons. The molecule has 2 N–H and O–H groups in total. The van der Waals surface area contributed by atoms with Crippen LogP contribution < -0.4 is 10.3 Å². The number of nitrogens with one attached hydrogen (secondary N) is 1. The SMILES string of the molecule is CCCN(Cc1nc2sc3c(c2c(=O)[nH]1)CCC3)C[C@@H](O)COc1ccccc1. The van der Waals surface area contributed by atoms with Crippen molar-refractivity contribution >= 4 is 21.6 Å². The lowest BCUT2D eigenvalue weighted by atomic mass is 10.2. The fourth-order valence-electron chi connectivity index (χ4n) is 3.94. The van der Waals surface area contributed by atoms with Crippen LogP contribution in [0, 0.1) is 0 Å². The van der Waals surface area contributed by atoms with Crippen LogP contribution in [0.5, 0.6) is 5.75 Å². The molecule has 0 unspecified atom stereocenters. The number of thiophene rings is 1. The van der Waals surface area contributed by atoms with E-state index in [2.05, 4.69) is 16.8 Å². The van der Waals surface area contributed by atoms with Crippen molar-refractivity contribution in [3.63, 3.8) is 0 Å². The molecule has 0 saturated carbocycles. The first-order valence-electron chi connectivity index (χ1n) is 10.3. The predicted molar refractivity (Wildman–Crippen MR) is 116 cm³/mol. The summed E-state index contributed by atoms with van der Waals surface area (Å²) in [4.78, 5) is 24.6. The summed E-state index contributed by atoms with van der Waals surface area (Å²) in [5.41, 5.74) is 1.16. The summed E-state index contributed by atoms with van der Waals surface area (Å²) in [5, 5.41) is 11.2. The largest absolute Gasteiger partial charge is 0.491 e. The second-order valence-electron chi connectivity index (χ2n) is 7.56. The maximum absolute atomic E-state index is 12.7. The van der Waals surface area contributed by atoms with Crippen molar-refractivity contribution in [1.29, 1.82) is 0 Å². The first-order valence-corrected chi connectivity index (χ1v) is 11.1. The van der Waals surface area contributed by atoms with E-state index in [1.165, 1.54) is 10.4 Å². The first-order chi connectivity index (χ1) is 14.1. The van der Waals surface area contributed by atoms with Crippen LogP contribution in [0.1, 0.15) is 36.0 Å². The Kier molecular flexibility index (Phi) is 6.28. The number of hydrogen-bond donors (Lipinski definition) is 2. The van der Waals surface area contributed by atoms with Crippen LogP contribution >= 0.6 is 11.3 Å². The Morgan fingerprint density at radius 1 is 1.31 bits per heavy atom. The van der Waals surface area contributed by atoms with Crippen molar-refractivity contribution in [3.05, 3.63) is 57.0 Å². The molecule has 1 aromatic carbocycles. The molecule has 1 aliphatic rings. The van der Waals surface area contributed by atoms with Gasteiger partial charge >= 0.3 is 0 Å². The molecule has 7 heteroatoms. The van der Waals surface area contributed by atoms with Gasteiger partial charge in [-0.25, -0.2) is 4.98 Å². The minimum Gasteiger partial charge on any atom is -0.491 e. The maximum atomic E-state index is 12.7. The van der Waals surface area contributed by atoms with E-state index >= 15 is 0 Å². The summed E-state index contributed by atoms with van der Waals surface area (Å²) in [6, 6.07) is 9.49. The highest BCUT2D eigenvalue weighted by Crippen LogP contribution is 2.34. The van der Waals surface area contributed by atoms with Gasteiger partial charge in [-0.2, -0.15) is 0 Å². The number of nitrogens with zero attached hydrogens (tertiary/aromatic N) is 2. The molecule has 0 radical (unpaired) electrons. The van der Waals surface area contributed by atoms with E-state index in [4.69, 9.17) is 9.72 Å². The molecule has 2 heterocycles. The molecule has 0 spiro atoms. The van der Waals surface area contributed by atoms with Crippen molar-refractivity contribution in [3.8, 4) is 5.75 Å². The molecule has 29 heavy (non-hydrogen) atoms. The van der Waals surface area contributed by atoms with Gasteiger partial charge in [0.1, 0.15) is 29.1 Å². The van der Waals surface area contributed by atoms with Gasteiger partial charge in [0.25, 0.3) is 5.56 Å². The number of rotatable bonds is 9. The lowest BCUT2D eigenvalue weighted by Gasteiger charge is -2.24. The zero-order valence-electron chi connectivity index (χ0n) is 16.7. The van der Waals surface area contributed by atoms with Gasteiger partial charge < -0.3 is 14.8 Å². The molecule has 4 rings (SSSR count). The van der Waals surface area contributed by atoms with Crippen molar-refractivity contribution in [1.82, 2.24) is 14.9 Å². The molecule has 0 aliphatic heterocycles. The number of H-pyrrole nitrogens is 1. The minimum atomic E-state index is -0.622. The van der Waals surface area contributed by atoms with Gasteiger partial charge in [0.2, 0.25) is 0 Å². The van der Waals surface area contributed by atoms with E-state index in [9.17, 15) is 9.90 Å². The summed E-state index contributed by atoms with van der Waals surface area (Å²) in [6.45, 7) is 4.10. The Morgan fingerprint density at radius 2 is 2.14 bits per heavy atom. The second-order valence-corrected chi connectivity index (χ2v) is 8.65. The molecule has 0 fully saturated rings. The van der Waals surface area contributed by atoms with Crippen LogP contribution in [0.3, 0.4) is 0 Å². The summed E-state index contributed by atoms with van der Waals surface area (Å²) >= 11 is 1.66. The molecular weight excluding hydrogens is 386 g/mol. The van der Waals surface area contributed by atoms with E-state index < -0.39 is 6.10 Å². The molecule has 3 aromatic rings.